The SMILES string of the molecule is CC(C)(C)OC(=O)CCNc1nc(-c2cnc3ccc(F)cn23)ncc1[N+](=O)[O-]. The number of imidazole rings is 1. The average molecular weight is 402 g/mol. The zero-order valence-electron chi connectivity index (χ0n) is 16.0. The number of fused-ring (bicyclic) bond motifs is 1. The molecule has 0 radical (unpaired) electrons. The first-order chi connectivity index (χ1) is 13.6. The highest BCUT2D eigenvalue weighted by atomic mass is 19.1. The van der Waals surface area contributed by atoms with E-state index < -0.39 is 22.3 Å². The van der Waals surface area contributed by atoms with Gasteiger partial charge in [0, 0.05) is 12.7 Å². The van der Waals surface area contributed by atoms with Crippen molar-refractivity contribution in [3.63, 3.8) is 0 Å². The van der Waals surface area contributed by atoms with Gasteiger partial charge < -0.3 is 10.1 Å². The number of halogens is 1. The lowest BCUT2D eigenvalue weighted by molar-refractivity contribution is -0.384. The summed E-state index contributed by atoms with van der Waals surface area (Å²) >= 11 is 0. The molecule has 0 spiro atoms. The molecule has 3 aromatic rings. The first kappa shape index (κ1) is 20.1. The lowest BCUT2D eigenvalue weighted by Gasteiger charge is -2.19. The number of aromatic nitrogens is 4. The molecule has 0 unspecified atom stereocenters. The van der Waals surface area contributed by atoms with Gasteiger partial charge in [0.2, 0.25) is 5.82 Å². The predicted molar refractivity (Wildman–Crippen MR) is 102 cm³/mol. The Hall–Kier alpha value is -3.63. The van der Waals surface area contributed by atoms with E-state index in [-0.39, 0.29) is 30.3 Å². The summed E-state index contributed by atoms with van der Waals surface area (Å²) in [5.74, 6) is -0.864. The van der Waals surface area contributed by atoms with Gasteiger partial charge in [0.25, 0.3) is 0 Å². The number of nitrogens with one attached hydrogen (secondary N) is 1. The summed E-state index contributed by atoms with van der Waals surface area (Å²) in [7, 11) is 0. The van der Waals surface area contributed by atoms with Crippen LogP contribution in [0.4, 0.5) is 15.9 Å². The third kappa shape index (κ3) is 4.81. The van der Waals surface area contributed by atoms with E-state index in [1.807, 2.05) is 0 Å². The number of carbonyl (C=O) groups excluding carboxylic acids is 1. The highest BCUT2D eigenvalue weighted by molar-refractivity contribution is 5.71. The van der Waals surface area contributed by atoms with Crippen molar-refractivity contribution in [2.75, 3.05) is 11.9 Å². The first-order valence-electron chi connectivity index (χ1n) is 8.74. The molecule has 0 saturated heterocycles. The Labute approximate surface area is 164 Å². The van der Waals surface area contributed by atoms with E-state index in [0.29, 0.717) is 11.3 Å². The number of anilines is 1. The second-order valence-electron chi connectivity index (χ2n) is 7.17. The van der Waals surface area contributed by atoms with Crippen LogP contribution in [0.15, 0.2) is 30.7 Å². The number of esters is 1. The summed E-state index contributed by atoms with van der Waals surface area (Å²) < 4.78 is 20.2. The molecule has 10 nitrogen and oxygen atoms in total. The number of hydrogen-bond acceptors (Lipinski definition) is 8. The molecule has 29 heavy (non-hydrogen) atoms. The van der Waals surface area contributed by atoms with E-state index in [0.717, 1.165) is 6.20 Å². The number of pyridine rings is 1. The minimum absolute atomic E-state index is 0.00537. The maximum atomic E-state index is 13.6. The highest BCUT2D eigenvalue weighted by Gasteiger charge is 2.21. The molecule has 11 heteroatoms. The lowest BCUT2D eigenvalue weighted by Crippen LogP contribution is -2.25. The van der Waals surface area contributed by atoms with Gasteiger partial charge in [-0.15, -0.1) is 0 Å². The maximum Gasteiger partial charge on any atom is 0.329 e. The zero-order valence-corrected chi connectivity index (χ0v) is 16.0. The van der Waals surface area contributed by atoms with Gasteiger partial charge in [-0.1, -0.05) is 0 Å². The Bertz CT molecular complexity index is 1080. The van der Waals surface area contributed by atoms with Crippen molar-refractivity contribution in [2.24, 2.45) is 0 Å². The number of nitrogens with zero attached hydrogens (tertiary/aromatic N) is 5. The molecule has 0 fully saturated rings. The molecule has 0 aliphatic rings. The molecular weight excluding hydrogens is 383 g/mol. The van der Waals surface area contributed by atoms with Crippen LogP contribution >= 0.6 is 0 Å². The van der Waals surface area contributed by atoms with Crippen LogP contribution < -0.4 is 5.32 Å². The molecule has 0 amide bonds. The molecule has 0 bridgehead atoms. The largest absolute Gasteiger partial charge is 0.460 e. The van der Waals surface area contributed by atoms with Crippen molar-refractivity contribution in [1.29, 1.82) is 0 Å². The van der Waals surface area contributed by atoms with E-state index in [1.165, 1.54) is 28.9 Å². The van der Waals surface area contributed by atoms with Crippen molar-refractivity contribution in [3.05, 3.63) is 46.7 Å². The topological polar surface area (TPSA) is 125 Å². The van der Waals surface area contributed by atoms with Crippen molar-refractivity contribution in [1.82, 2.24) is 19.4 Å². The molecule has 0 aliphatic heterocycles. The van der Waals surface area contributed by atoms with Crippen LogP contribution in [0, 0.1) is 15.9 Å². The second-order valence-corrected chi connectivity index (χ2v) is 7.17. The van der Waals surface area contributed by atoms with Gasteiger partial charge >= 0.3 is 11.7 Å². The predicted octanol–water partition coefficient (Wildman–Crippen LogP) is 2.98. The Morgan fingerprint density at radius 3 is 2.76 bits per heavy atom. The minimum atomic E-state index is -0.631. The highest BCUT2D eigenvalue weighted by Crippen LogP contribution is 2.25. The van der Waals surface area contributed by atoms with Gasteiger partial charge in [-0.3, -0.25) is 19.3 Å². The average Bonchev–Trinajstić information content (AvgIpc) is 3.02. The summed E-state index contributed by atoms with van der Waals surface area (Å²) in [5.41, 5.74) is -0.130. The van der Waals surface area contributed by atoms with Crippen LogP contribution in [0.25, 0.3) is 17.2 Å². The van der Waals surface area contributed by atoms with Crippen LogP contribution in [0.3, 0.4) is 0 Å². The molecule has 3 heterocycles. The summed E-state index contributed by atoms with van der Waals surface area (Å²) in [6.07, 6.45) is 3.71. The van der Waals surface area contributed by atoms with Crippen LogP contribution in [0.2, 0.25) is 0 Å². The standard InChI is InChI=1S/C18H19FN6O4/c1-18(2,3)29-15(26)6-7-20-17-13(25(27)28)9-22-16(23-17)12-8-21-14-5-4-11(19)10-24(12)14/h4-5,8-10H,6-7H2,1-3H3,(H,20,22,23). The molecule has 0 aliphatic carbocycles. The Kier molecular flexibility index (Phi) is 5.39. The Morgan fingerprint density at radius 2 is 2.07 bits per heavy atom. The van der Waals surface area contributed by atoms with Gasteiger partial charge in [0.05, 0.1) is 17.5 Å². The lowest BCUT2D eigenvalue weighted by atomic mass is 10.2. The summed E-state index contributed by atoms with van der Waals surface area (Å²) in [4.78, 5) is 34.8. The van der Waals surface area contributed by atoms with Crippen LogP contribution in [0.1, 0.15) is 27.2 Å². The Morgan fingerprint density at radius 1 is 1.31 bits per heavy atom. The first-order valence-corrected chi connectivity index (χ1v) is 8.74. The van der Waals surface area contributed by atoms with Crippen molar-refractivity contribution < 1.29 is 18.8 Å². The zero-order chi connectivity index (χ0) is 21.2. The number of ether oxygens (including phenoxy) is 1. The van der Waals surface area contributed by atoms with Crippen molar-refractivity contribution in [3.8, 4) is 11.5 Å². The number of rotatable bonds is 6. The fourth-order valence-electron chi connectivity index (χ4n) is 2.56. The smallest absolute Gasteiger partial charge is 0.329 e. The fraction of sp³-hybridized carbons (Fsp3) is 0.333. The van der Waals surface area contributed by atoms with Gasteiger partial charge in [-0.25, -0.2) is 19.3 Å². The number of hydrogen-bond donors (Lipinski definition) is 1. The van der Waals surface area contributed by atoms with Gasteiger partial charge in [-0.2, -0.15) is 0 Å². The molecule has 152 valence electrons. The summed E-state index contributed by atoms with van der Waals surface area (Å²) in [5, 5.41) is 14.1. The van der Waals surface area contributed by atoms with E-state index in [2.05, 4.69) is 20.3 Å². The van der Waals surface area contributed by atoms with E-state index >= 15 is 0 Å². The molecule has 3 aromatic heterocycles. The van der Waals surface area contributed by atoms with E-state index in [4.69, 9.17) is 4.74 Å². The molecule has 0 saturated carbocycles. The molecular formula is C18H19FN6O4. The van der Waals surface area contributed by atoms with Gasteiger partial charge in [-0.05, 0) is 32.9 Å². The third-order valence-corrected chi connectivity index (χ3v) is 3.71. The summed E-state index contributed by atoms with van der Waals surface area (Å²) in [6, 6.07) is 2.76. The fourth-order valence-corrected chi connectivity index (χ4v) is 2.56. The number of carbonyl (C=O) groups is 1. The van der Waals surface area contributed by atoms with Crippen LogP contribution in [0.5, 0.6) is 0 Å². The summed E-state index contributed by atoms with van der Waals surface area (Å²) in [6.45, 7) is 5.32. The third-order valence-electron chi connectivity index (χ3n) is 3.71. The van der Waals surface area contributed by atoms with E-state index in [1.54, 1.807) is 20.8 Å². The molecule has 1 N–H and O–H groups in total. The second kappa shape index (κ2) is 7.78. The van der Waals surface area contributed by atoms with Gasteiger partial charge in [0.1, 0.15) is 29.0 Å². The molecule has 3 rings (SSSR count). The number of nitro groups is 1. The monoisotopic (exact) mass is 402 g/mol. The minimum Gasteiger partial charge on any atom is -0.460 e. The normalized spacial score (nSPS) is 11.4. The van der Waals surface area contributed by atoms with E-state index in [9.17, 15) is 19.3 Å². The van der Waals surface area contributed by atoms with Crippen molar-refractivity contribution >= 4 is 23.1 Å². The van der Waals surface area contributed by atoms with Crippen LogP contribution in [-0.4, -0.2) is 42.4 Å². The van der Waals surface area contributed by atoms with Crippen molar-refractivity contribution in [2.45, 2.75) is 32.8 Å². The van der Waals surface area contributed by atoms with Gasteiger partial charge in [0.15, 0.2) is 5.82 Å². The molecule has 0 atom stereocenters. The maximum absolute atomic E-state index is 13.6. The van der Waals surface area contributed by atoms with Crippen LogP contribution in [-0.2, 0) is 9.53 Å². The Balaban J connectivity index is 1.85. The molecule has 0 aromatic carbocycles. The quantitative estimate of drug-likeness (QED) is 0.379.